The molecular weight excluding hydrogens is 306 g/mol. The lowest BCUT2D eigenvalue weighted by atomic mass is 9.85. The van der Waals surface area contributed by atoms with E-state index in [1.54, 1.807) is 7.05 Å². The van der Waals surface area contributed by atoms with Crippen LogP contribution in [0.1, 0.15) is 30.4 Å². The summed E-state index contributed by atoms with van der Waals surface area (Å²) in [5.74, 6) is 0. The second kappa shape index (κ2) is 6.07. The van der Waals surface area contributed by atoms with Crippen molar-refractivity contribution in [3.05, 3.63) is 34.3 Å². The standard InChI is InChI=1S/C16H20ClNO4/c1-18(15(19)20)16(7-5-14-21-8-9-22-14)6-4-11-10-12(17)2-3-13(11)16/h2-3,10,14H,4-9H2,1H3,(H,19,20). The highest BCUT2D eigenvalue weighted by atomic mass is 35.5. The van der Waals surface area contributed by atoms with Crippen LogP contribution in [0.3, 0.4) is 0 Å². The van der Waals surface area contributed by atoms with Crippen LogP contribution in [-0.2, 0) is 21.4 Å². The van der Waals surface area contributed by atoms with Gasteiger partial charge in [-0.2, -0.15) is 0 Å². The van der Waals surface area contributed by atoms with E-state index in [0.29, 0.717) is 31.1 Å². The van der Waals surface area contributed by atoms with E-state index in [9.17, 15) is 9.90 Å². The van der Waals surface area contributed by atoms with Crippen LogP contribution in [0, 0.1) is 0 Å². The van der Waals surface area contributed by atoms with Gasteiger partial charge in [-0.15, -0.1) is 0 Å². The molecule has 2 aliphatic rings. The number of hydrogen-bond donors (Lipinski definition) is 1. The molecule has 1 N–H and O–H groups in total. The van der Waals surface area contributed by atoms with Crippen molar-refractivity contribution in [2.24, 2.45) is 0 Å². The monoisotopic (exact) mass is 325 g/mol. The van der Waals surface area contributed by atoms with E-state index in [1.807, 2.05) is 18.2 Å². The molecule has 0 bridgehead atoms. The Morgan fingerprint density at radius 2 is 2.18 bits per heavy atom. The van der Waals surface area contributed by atoms with Crippen molar-refractivity contribution in [1.82, 2.24) is 4.90 Å². The molecule has 0 radical (unpaired) electrons. The van der Waals surface area contributed by atoms with Crippen LogP contribution in [0.2, 0.25) is 5.02 Å². The Labute approximate surface area is 134 Å². The average molecular weight is 326 g/mol. The van der Waals surface area contributed by atoms with Crippen molar-refractivity contribution in [2.45, 2.75) is 37.5 Å². The third kappa shape index (κ3) is 2.69. The van der Waals surface area contributed by atoms with Crippen molar-refractivity contribution in [3.63, 3.8) is 0 Å². The summed E-state index contributed by atoms with van der Waals surface area (Å²) in [6, 6.07) is 5.73. The van der Waals surface area contributed by atoms with E-state index in [2.05, 4.69) is 0 Å². The smallest absolute Gasteiger partial charge is 0.407 e. The first-order valence-electron chi connectivity index (χ1n) is 7.52. The quantitative estimate of drug-likeness (QED) is 0.923. The van der Waals surface area contributed by atoms with Crippen LogP contribution in [0.5, 0.6) is 0 Å². The predicted octanol–water partition coefficient (Wildman–Crippen LogP) is 3.24. The molecule has 3 rings (SSSR count). The minimum absolute atomic E-state index is 0.226. The normalized spacial score (nSPS) is 24.5. The van der Waals surface area contributed by atoms with Crippen LogP contribution in [0.15, 0.2) is 18.2 Å². The fourth-order valence-electron chi connectivity index (χ4n) is 3.59. The van der Waals surface area contributed by atoms with E-state index in [0.717, 1.165) is 24.0 Å². The summed E-state index contributed by atoms with van der Waals surface area (Å²) in [6.07, 6.45) is 1.80. The lowest BCUT2D eigenvalue weighted by molar-refractivity contribution is -0.0571. The molecule has 1 aromatic rings. The fraction of sp³-hybridized carbons (Fsp3) is 0.562. The molecule has 1 aliphatic heterocycles. The van der Waals surface area contributed by atoms with Gasteiger partial charge in [0.2, 0.25) is 0 Å². The summed E-state index contributed by atoms with van der Waals surface area (Å²) in [4.78, 5) is 13.0. The third-order valence-corrected chi connectivity index (χ3v) is 5.03. The molecule has 1 fully saturated rings. The predicted molar refractivity (Wildman–Crippen MR) is 82.2 cm³/mol. The molecule has 120 valence electrons. The number of carbonyl (C=O) groups is 1. The maximum atomic E-state index is 11.6. The van der Waals surface area contributed by atoms with Gasteiger partial charge in [-0.3, -0.25) is 0 Å². The lowest BCUT2D eigenvalue weighted by Crippen LogP contribution is -2.45. The summed E-state index contributed by atoms with van der Waals surface area (Å²) in [7, 11) is 1.64. The van der Waals surface area contributed by atoms with Gasteiger partial charge in [0, 0.05) is 18.5 Å². The van der Waals surface area contributed by atoms with Gasteiger partial charge < -0.3 is 19.5 Å². The Hall–Kier alpha value is -1.30. The summed E-state index contributed by atoms with van der Waals surface area (Å²) in [5.41, 5.74) is 1.66. The van der Waals surface area contributed by atoms with Crippen LogP contribution in [0.25, 0.3) is 0 Å². The Morgan fingerprint density at radius 1 is 1.45 bits per heavy atom. The number of hydrogen-bond acceptors (Lipinski definition) is 3. The Morgan fingerprint density at radius 3 is 2.86 bits per heavy atom. The molecule has 1 amide bonds. The van der Waals surface area contributed by atoms with Crippen LogP contribution >= 0.6 is 11.6 Å². The lowest BCUT2D eigenvalue weighted by Gasteiger charge is -2.38. The molecule has 0 spiro atoms. The van der Waals surface area contributed by atoms with Gasteiger partial charge in [0.05, 0.1) is 18.8 Å². The van der Waals surface area contributed by atoms with E-state index in [1.165, 1.54) is 4.90 Å². The molecule has 1 aromatic carbocycles. The molecule has 1 saturated heterocycles. The van der Waals surface area contributed by atoms with Gasteiger partial charge in [-0.25, -0.2) is 4.79 Å². The van der Waals surface area contributed by atoms with Crippen LogP contribution < -0.4 is 0 Å². The first-order valence-corrected chi connectivity index (χ1v) is 7.89. The van der Waals surface area contributed by atoms with Gasteiger partial charge >= 0.3 is 6.09 Å². The molecule has 1 atom stereocenters. The van der Waals surface area contributed by atoms with Crippen molar-refractivity contribution < 1.29 is 19.4 Å². The number of amides is 1. The topological polar surface area (TPSA) is 59.0 Å². The zero-order valence-corrected chi connectivity index (χ0v) is 13.3. The second-order valence-electron chi connectivity index (χ2n) is 5.88. The minimum Gasteiger partial charge on any atom is -0.465 e. The SMILES string of the molecule is CN(C(=O)O)C1(CCC2OCCO2)CCc2cc(Cl)ccc21. The van der Waals surface area contributed by atoms with Crippen LogP contribution in [0.4, 0.5) is 4.79 Å². The zero-order chi connectivity index (χ0) is 15.7. The molecule has 5 nitrogen and oxygen atoms in total. The van der Waals surface area contributed by atoms with Crippen molar-refractivity contribution >= 4 is 17.7 Å². The van der Waals surface area contributed by atoms with Gasteiger partial charge in [-0.1, -0.05) is 17.7 Å². The number of carboxylic acid groups (broad SMARTS) is 1. The number of rotatable bonds is 4. The Kier molecular flexibility index (Phi) is 4.30. The second-order valence-corrected chi connectivity index (χ2v) is 6.32. The number of ether oxygens (including phenoxy) is 2. The van der Waals surface area contributed by atoms with Crippen molar-refractivity contribution in [2.75, 3.05) is 20.3 Å². The fourth-order valence-corrected chi connectivity index (χ4v) is 3.78. The van der Waals surface area contributed by atoms with Crippen molar-refractivity contribution in [3.8, 4) is 0 Å². The molecule has 1 unspecified atom stereocenters. The van der Waals surface area contributed by atoms with E-state index >= 15 is 0 Å². The maximum Gasteiger partial charge on any atom is 0.407 e. The van der Waals surface area contributed by atoms with Crippen molar-refractivity contribution in [1.29, 1.82) is 0 Å². The molecule has 1 heterocycles. The summed E-state index contributed by atoms with van der Waals surface area (Å²) in [5, 5.41) is 10.2. The Bertz CT molecular complexity index is 573. The highest BCUT2D eigenvalue weighted by Crippen LogP contribution is 2.45. The molecule has 6 heteroatoms. The first-order chi connectivity index (χ1) is 10.5. The number of nitrogens with zero attached hydrogens (tertiary/aromatic N) is 1. The molecule has 22 heavy (non-hydrogen) atoms. The highest BCUT2D eigenvalue weighted by Gasteiger charge is 2.44. The average Bonchev–Trinajstić information content (AvgIpc) is 3.12. The number of halogens is 1. The van der Waals surface area contributed by atoms with Crippen LogP contribution in [-0.4, -0.2) is 42.7 Å². The summed E-state index contributed by atoms with van der Waals surface area (Å²) < 4.78 is 11.0. The van der Waals surface area contributed by atoms with Gasteiger partial charge in [0.15, 0.2) is 6.29 Å². The first kappa shape index (κ1) is 15.6. The zero-order valence-electron chi connectivity index (χ0n) is 12.5. The number of aryl methyl sites for hydroxylation is 1. The van der Waals surface area contributed by atoms with E-state index in [-0.39, 0.29) is 6.29 Å². The number of fused-ring (bicyclic) bond motifs is 1. The largest absolute Gasteiger partial charge is 0.465 e. The molecule has 0 aromatic heterocycles. The van der Waals surface area contributed by atoms with Gasteiger partial charge in [-0.05, 0) is 42.5 Å². The van der Waals surface area contributed by atoms with Gasteiger partial charge in [0.1, 0.15) is 0 Å². The molecule has 0 saturated carbocycles. The maximum absolute atomic E-state index is 11.6. The summed E-state index contributed by atoms with van der Waals surface area (Å²) in [6.45, 7) is 1.22. The summed E-state index contributed by atoms with van der Waals surface area (Å²) >= 11 is 6.07. The molecule has 1 aliphatic carbocycles. The minimum atomic E-state index is -0.920. The van der Waals surface area contributed by atoms with E-state index in [4.69, 9.17) is 21.1 Å². The Balaban J connectivity index is 1.90. The number of benzene rings is 1. The van der Waals surface area contributed by atoms with E-state index < -0.39 is 11.6 Å². The third-order valence-electron chi connectivity index (χ3n) is 4.79. The highest BCUT2D eigenvalue weighted by molar-refractivity contribution is 6.30. The molecular formula is C16H20ClNO4. The van der Waals surface area contributed by atoms with Gasteiger partial charge in [0.25, 0.3) is 0 Å².